The van der Waals surface area contributed by atoms with Crippen LogP contribution in [0.5, 0.6) is 0 Å². The zero-order valence-corrected chi connectivity index (χ0v) is 17.6. The Morgan fingerprint density at radius 1 is 0.957 bits per heavy atom. The van der Waals surface area contributed by atoms with E-state index in [0.717, 1.165) is 12.8 Å². The van der Waals surface area contributed by atoms with Crippen LogP contribution in [-0.4, -0.2) is 23.9 Å². The fourth-order valence-electron chi connectivity index (χ4n) is 2.03. The predicted octanol–water partition coefficient (Wildman–Crippen LogP) is -1.55. The maximum Gasteiger partial charge on any atom is 1.00 e. The van der Waals surface area contributed by atoms with E-state index in [1.807, 2.05) is 0 Å². The van der Waals surface area contributed by atoms with Crippen molar-refractivity contribution in [1.29, 1.82) is 0 Å². The number of rotatable bonds is 13. The van der Waals surface area contributed by atoms with Crippen molar-refractivity contribution >= 4 is 17.9 Å². The summed E-state index contributed by atoms with van der Waals surface area (Å²) in [6.45, 7) is 2.18. The first kappa shape index (κ1) is 25.4. The molecule has 0 aromatic rings. The average molecular weight is 354 g/mol. The maximum absolute atomic E-state index is 11.4. The molecule has 0 aliphatic carbocycles. The zero-order chi connectivity index (χ0) is 16.8. The molecule has 128 valence electrons. The number of ether oxygens (including phenoxy) is 1. The quantitative estimate of drug-likeness (QED) is 0.186. The summed E-state index contributed by atoms with van der Waals surface area (Å²) in [7, 11) is 0. The minimum atomic E-state index is -1.28. The van der Waals surface area contributed by atoms with Crippen LogP contribution < -0.4 is 62.2 Å². The van der Waals surface area contributed by atoms with Gasteiger partial charge in [-0.15, -0.1) is 0 Å². The summed E-state index contributed by atoms with van der Waals surface area (Å²) in [5.74, 6) is -2.75. The van der Waals surface area contributed by atoms with Crippen LogP contribution in [0.25, 0.3) is 0 Å². The first-order chi connectivity index (χ1) is 10.5. The minimum Gasteiger partial charge on any atom is -0.550 e. The van der Waals surface area contributed by atoms with E-state index in [0.29, 0.717) is 6.42 Å². The van der Waals surface area contributed by atoms with Gasteiger partial charge < -0.3 is 20.4 Å². The Balaban J connectivity index is 0. The smallest absolute Gasteiger partial charge is 0.550 e. The van der Waals surface area contributed by atoms with Crippen molar-refractivity contribution in [3.8, 4) is 0 Å². The summed E-state index contributed by atoms with van der Waals surface area (Å²) in [5, 5.41) is 10.2. The largest absolute Gasteiger partial charge is 1.00 e. The molecule has 0 saturated carbocycles. The maximum atomic E-state index is 11.4. The molecule has 1 unspecified atom stereocenters. The Morgan fingerprint density at radius 2 is 1.48 bits per heavy atom. The normalized spacial score (nSPS) is 11.4. The molecule has 0 radical (unpaired) electrons. The Kier molecular flexibility index (Phi) is 18.9. The molecular formula is C16H28KNO5. The van der Waals surface area contributed by atoms with Crippen LogP contribution in [0.1, 0.15) is 77.6 Å². The number of carbonyl (C=O) groups is 3. The van der Waals surface area contributed by atoms with Crippen molar-refractivity contribution < 1.29 is 75.6 Å². The standard InChI is InChI=1S/C16H29NO5.K/c1-2-3-4-5-6-7-8-9-10-15(20)22-16(21)13(17)11-12-14(18)19;/h13H,2-12,17H2,1H3,(H,18,19);/q;+1/p-1. The molecule has 0 aliphatic rings. The third kappa shape index (κ3) is 16.8. The second-order valence-corrected chi connectivity index (χ2v) is 5.54. The van der Waals surface area contributed by atoms with Crippen molar-refractivity contribution in [3.05, 3.63) is 0 Å². The minimum absolute atomic E-state index is 0. The van der Waals surface area contributed by atoms with Crippen LogP contribution in [-0.2, 0) is 19.1 Å². The van der Waals surface area contributed by atoms with Crippen molar-refractivity contribution in [1.82, 2.24) is 0 Å². The van der Waals surface area contributed by atoms with Gasteiger partial charge in [0, 0.05) is 12.4 Å². The molecule has 1 atom stereocenters. The molecule has 7 heteroatoms. The van der Waals surface area contributed by atoms with E-state index in [1.165, 1.54) is 32.1 Å². The molecule has 2 N–H and O–H groups in total. The first-order valence-electron chi connectivity index (χ1n) is 8.17. The number of unbranched alkanes of at least 4 members (excludes halogenated alkanes) is 7. The fraction of sp³-hybridized carbons (Fsp3) is 0.812. The van der Waals surface area contributed by atoms with Crippen LogP contribution in [0.4, 0.5) is 0 Å². The van der Waals surface area contributed by atoms with Crippen LogP contribution >= 0.6 is 0 Å². The summed E-state index contributed by atoms with van der Waals surface area (Å²) in [6, 6.07) is -1.10. The monoisotopic (exact) mass is 353 g/mol. The predicted molar refractivity (Wildman–Crippen MR) is 80.5 cm³/mol. The fourth-order valence-corrected chi connectivity index (χ4v) is 2.03. The van der Waals surface area contributed by atoms with Crippen LogP contribution in [0.15, 0.2) is 0 Å². The van der Waals surface area contributed by atoms with Crippen molar-refractivity contribution in [3.63, 3.8) is 0 Å². The van der Waals surface area contributed by atoms with Crippen LogP contribution in [0.2, 0.25) is 0 Å². The number of hydrogen-bond donors (Lipinski definition) is 1. The molecule has 0 bridgehead atoms. The third-order valence-electron chi connectivity index (χ3n) is 3.41. The van der Waals surface area contributed by atoms with Gasteiger partial charge in [-0.2, -0.15) is 0 Å². The van der Waals surface area contributed by atoms with Gasteiger partial charge in [-0.3, -0.25) is 4.79 Å². The zero-order valence-electron chi connectivity index (χ0n) is 14.5. The molecule has 23 heavy (non-hydrogen) atoms. The SMILES string of the molecule is CCCCCCCCCCC(=O)OC(=O)C(N)CCC(=O)[O-].[K+]. The van der Waals surface area contributed by atoms with Crippen LogP contribution in [0.3, 0.4) is 0 Å². The molecule has 0 aliphatic heterocycles. The average Bonchev–Trinajstić information content (AvgIpc) is 2.47. The second kappa shape index (κ2) is 17.0. The van der Waals surface area contributed by atoms with E-state index in [4.69, 9.17) is 5.73 Å². The first-order valence-corrected chi connectivity index (χ1v) is 8.17. The molecule has 0 fully saturated rings. The molecule has 0 amide bonds. The number of carboxylic acids is 1. The Labute approximate surface area is 181 Å². The van der Waals surface area contributed by atoms with Gasteiger partial charge >= 0.3 is 63.3 Å². The molecule has 0 aromatic heterocycles. The number of hydrogen-bond acceptors (Lipinski definition) is 6. The Bertz CT molecular complexity index is 349. The van der Waals surface area contributed by atoms with Gasteiger partial charge in [0.1, 0.15) is 6.04 Å². The topological polar surface area (TPSA) is 110 Å². The van der Waals surface area contributed by atoms with Gasteiger partial charge in [-0.1, -0.05) is 51.9 Å². The molecular weight excluding hydrogens is 325 g/mol. The van der Waals surface area contributed by atoms with Crippen molar-refractivity contribution in [2.24, 2.45) is 5.73 Å². The van der Waals surface area contributed by atoms with Gasteiger partial charge in [0.25, 0.3) is 0 Å². The van der Waals surface area contributed by atoms with E-state index >= 15 is 0 Å². The Hall–Kier alpha value is 0.206. The molecule has 0 saturated heterocycles. The summed E-state index contributed by atoms with van der Waals surface area (Å²) in [6.07, 6.45) is 8.62. The molecule has 0 heterocycles. The van der Waals surface area contributed by atoms with Gasteiger partial charge in [-0.25, -0.2) is 4.79 Å². The van der Waals surface area contributed by atoms with E-state index in [2.05, 4.69) is 11.7 Å². The van der Waals surface area contributed by atoms with Gasteiger partial charge in [0.05, 0.1) is 0 Å². The number of esters is 2. The van der Waals surface area contributed by atoms with E-state index in [1.54, 1.807) is 0 Å². The van der Waals surface area contributed by atoms with Gasteiger partial charge in [0.2, 0.25) is 0 Å². The molecule has 6 nitrogen and oxygen atoms in total. The summed E-state index contributed by atoms with van der Waals surface area (Å²) < 4.78 is 4.59. The molecule has 0 spiro atoms. The number of nitrogens with two attached hydrogens (primary N) is 1. The van der Waals surface area contributed by atoms with E-state index in [-0.39, 0.29) is 70.6 Å². The summed E-state index contributed by atoms with van der Waals surface area (Å²) >= 11 is 0. The number of carbonyl (C=O) groups excluding carboxylic acids is 3. The molecule has 0 aromatic carbocycles. The second-order valence-electron chi connectivity index (χ2n) is 5.54. The summed E-state index contributed by atoms with van der Waals surface area (Å²) in [5.41, 5.74) is 5.43. The van der Waals surface area contributed by atoms with Crippen LogP contribution in [0, 0.1) is 0 Å². The molecule has 0 rings (SSSR count). The van der Waals surface area contributed by atoms with Crippen molar-refractivity contribution in [2.45, 2.75) is 83.6 Å². The summed E-state index contributed by atoms with van der Waals surface area (Å²) in [4.78, 5) is 33.1. The van der Waals surface area contributed by atoms with Gasteiger partial charge in [-0.05, 0) is 19.3 Å². The van der Waals surface area contributed by atoms with Gasteiger partial charge in [0.15, 0.2) is 0 Å². The number of aliphatic carboxylic acids is 1. The Morgan fingerprint density at radius 3 is 2.00 bits per heavy atom. The van der Waals surface area contributed by atoms with Crippen molar-refractivity contribution in [2.75, 3.05) is 0 Å². The van der Waals surface area contributed by atoms with E-state index in [9.17, 15) is 19.5 Å². The number of carboxylic acid groups (broad SMARTS) is 1. The van der Waals surface area contributed by atoms with E-state index < -0.39 is 23.9 Å². The third-order valence-corrected chi connectivity index (χ3v) is 3.41.